The predicted octanol–water partition coefficient (Wildman–Crippen LogP) is 0.998. The van der Waals surface area contributed by atoms with Crippen molar-refractivity contribution in [3.63, 3.8) is 0 Å². The molecule has 3 nitrogen and oxygen atoms in total. The van der Waals surface area contributed by atoms with Gasteiger partial charge in [0.25, 0.3) is 0 Å². The first-order chi connectivity index (χ1) is 6.86. The number of hydrogen-bond acceptors (Lipinski definition) is 2. The molecular weight excluding hydrogens is 176 g/mol. The van der Waals surface area contributed by atoms with Gasteiger partial charge in [0, 0.05) is 13.1 Å². The minimum absolute atomic E-state index is 0.290. The van der Waals surface area contributed by atoms with Gasteiger partial charge in [-0.05, 0) is 31.7 Å². The molecule has 3 heteroatoms. The molecule has 1 N–H and O–H groups in total. The van der Waals surface area contributed by atoms with Gasteiger partial charge in [-0.1, -0.05) is 12.8 Å². The summed E-state index contributed by atoms with van der Waals surface area (Å²) in [4.78, 5) is 13.5. The van der Waals surface area contributed by atoms with E-state index >= 15 is 0 Å². The predicted molar refractivity (Wildman–Crippen MR) is 56.0 cm³/mol. The standard InChI is InChI=1S/C11H20N2O/c14-11(13-7-1-2-8-13)9-12-6-5-10-3-4-10/h10,12H,1-9H2. The van der Waals surface area contributed by atoms with Crippen LogP contribution in [0.2, 0.25) is 0 Å². The van der Waals surface area contributed by atoms with Gasteiger partial charge in [0.05, 0.1) is 6.54 Å². The number of likely N-dealkylation sites (tertiary alicyclic amines) is 1. The summed E-state index contributed by atoms with van der Waals surface area (Å²) in [6, 6.07) is 0. The molecule has 0 bridgehead atoms. The summed E-state index contributed by atoms with van der Waals surface area (Å²) in [6.07, 6.45) is 6.44. The van der Waals surface area contributed by atoms with E-state index in [2.05, 4.69) is 5.32 Å². The molecular formula is C11H20N2O. The summed E-state index contributed by atoms with van der Waals surface area (Å²) in [5, 5.41) is 3.24. The van der Waals surface area contributed by atoms with Crippen molar-refractivity contribution in [1.82, 2.24) is 10.2 Å². The zero-order valence-corrected chi connectivity index (χ0v) is 8.80. The van der Waals surface area contributed by atoms with Crippen LogP contribution in [0.5, 0.6) is 0 Å². The monoisotopic (exact) mass is 196 g/mol. The highest BCUT2D eigenvalue weighted by molar-refractivity contribution is 5.78. The number of carbonyl (C=O) groups excluding carboxylic acids is 1. The number of amides is 1. The van der Waals surface area contributed by atoms with Crippen LogP contribution < -0.4 is 5.32 Å². The molecule has 0 unspecified atom stereocenters. The summed E-state index contributed by atoms with van der Waals surface area (Å²) in [6.45, 7) is 3.52. The van der Waals surface area contributed by atoms with Crippen LogP contribution >= 0.6 is 0 Å². The summed E-state index contributed by atoms with van der Waals surface area (Å²) < 4.78 is 0. The van der Waals surface area contributed by atoms with Gasteiger partial charge >= 0.3 is 0 Å². The Morgan fingerprint density at radius 2 is 2.00 bits per heavy atom. The van der Waals surface area contributed by atoms with Gasteiger partial charge in [-0.15, -0.1) is 0 Å². The maximum Gasteiger partial charge on any atom is 0.236 e. The third kappa shape index (κ3) is 2.98. The molecule has 0 radical (unpaired) electrons. The van der Waals surface area contributed by atoms with Gasteiger partial charge in [-0.2, -0.15) is 0 Å². The Kier molecular flexibility index (Phi) is 3.40. The first-order valence-electron chi connectivity index (χ1n) is 5.85. The van der Waals surface area contributed by atoms with Crippen LogP contribution in [0.1, 0.15) is 32.1 Å². The Bertz CT molecular complexity index is 195. The molecule has 0 aromatic rings. The van der Waals surface area contributed by atoms with E-state index in [9.17, 15) is 4.79 Å². The molecule has 0 atom stereocenters. The maximum absolute atomic E-state index is 11.6. The van der Waals surface area contributed by atoms with Crippen LogP contribution in [0.4, 0.5) is 0 Å². The average Bonchev–Trinajstić information content (AvgIpc) is 2.84. The second-order valence-electron chi connectivity index (χ2n) is 4.50. The second-order valence-corrected chi connectivity index (χ2v) is 4.50. The van der Waals surface area contributed by atoms with Gasteiger partial charge < -0.3 is 10.2 Å². The Hall–Kier alpha value is -0.570. The molecule has 1 saturated heterocycles. The van der Waals surface area contributed by atoms with Crippen molar-refractivity contribution in [3.05, 3.63) is 0 Å². The van der Waals surface area contributed by atoms with E-state index in [1.165, 1.54) is 32.1 Å². The fourth-order valence-electron chi connectivity index (χ4n) is 1.99. The van der Waals surface area contributed by atoms with Crippen molar-refractivity contribution in [2.24, 2.45) is 5.92 Å². The third-order valence-electron chi connectivity index (χ3n) is 3.16. The lowest BCUT2D eigenvalue weighted by Gasteiger charge is -2.15. The van der Waals surface area contributed by atoms with Crippen LogP contribution in [0.15, 0.2) is 0 Å². The molecule has 2 aliphatic rings. The van der Waals surface area contributed by atoms with Crippen LogP contribution in [0.25, 0.3) is 0 Å². The van der Waals surface area contributed by atoms with Crippen molar-refractivity contribution in [2.45, 2.75) is 32.1 Å². The summed E-state index contributed by atoms with van der Waals surface area (Å²) in [7, 11) is 0. The highest BCUT2D eigenvalue weighted by Gasteiger charge is 2.21. The molecule has 80 valence electrons. The second kappa shape index (κ2) is 4.78. The third-order valence-corrected chi connectivity index (χ3v) is 3.16. The fraction of sp³-hybridized carbons (Fsp3) is 0.909. The zero-order chi connectivity index (χ0) is 9.80. The number of nitrogens with zero attached hydrogens (tertiary/aromatic N) is 1. The van der Waals surface area contributed by atoms with E-state index in [1.807, 2.05) is 4.90 Å². The quantitative estimate of drug-likeness (QED) is 0.665. The molecule has 1 heterocycles. The Morgan fingerprint density at radius 3 is 2.64 bits per heavy atom. The number of nitrogens with one attached hydrogen (secondary N) is 1. The van der Waals surface area contributed by atoms with Gasteiger partial charge in [0.2, 0.25) is 5.91 Å². The van der Waals surface area contributed by atoms with E-state index < -0.39 is 0 Å². The van der Waals surface area contributed by atoms with Crippen molar-refractivity contribution in [2.75, 3.05) is 26.2 Å². The lowest BCUT2D eigenvalue weighted by atomic mass is 10.3. The molecule has 14 heavy (non-hydrogen) atoms. The Labute approximate surface area is 85.8 Å². The molecule has 1 saturated carbocycles. The van der Waals surface area contributed by atoms with Crippen LogP contribution in [0, 0.1) is 5.92 Å². The number of rotatable bonds is 5. The topological polar surface area (TPSA) is 32.3 Å². The minimum atomic E-state index is 0.290. The lowest BCUT2D eigenvalue weighted by molar-refractivity contribution is -0.129. The van der Waals surface area contributed by atoms with Crippen LogP contribution in [-0.2, 0) is 4.79 Å². The molecule has 0 aromatic carbocycles. The average molecular weight is 196 g/mol. The zero-order valence-electron chi connectivity index (χ0n) is 8.80. The van der Waals surface area contributed by atoms with Crippen LogP contribution in [0.3, 0.4) is 0 Å². The van der Waals surface area contributed by atoms with Crippen molar-refractivity contribution in [1.29, 1.82) is 0 Å². The molecule has 1 aliphatic heterocycles. The minimum Gasteiger partial charge on any atom is -0.342 e. The maximum atomic E-state index is 11.6. The Balaban J connectivity index is 1.52. The van der Waals surface area contributed by atoms with E-state index in [4.69, 9.17) is 0 Å². The normalized spacial score (nSPS) is 21.6. The van der Waals surface area contributed by atoms with Gasteiger partial charge in [0.15, 0.2) is 0 Å². The highest BCUT2D eigenvalue weighted by Crippen LogP contribution is 2.31. The van der Waals surface area contributed by atoms with Crippen molar-refractivity contribution in [3.8, 4) is 0 Å². The Morgan fingerprint density at radius 1 is 1.29 bits per heavy atom. The molecule has 0 aromatic heterocycles. The van der Waals surface area contributed by atoms with E-state index in [-0.39, 0.29) is 0 Å². The molecule has 2 fully saturated rings. The van der Waals surface area contributed by atoms with Crippen molar-refractivity contribution >= 4 is 5.91 Å². The largest absolute Gasteiger partial charge is 0.342 e. The summed E-state index contributed by atoms with van der Waals surface area (Å²) in [5.41, 5.74) is 0. The molecule has 1 amide bonds. The molecule has 0 spiro atoms. The molecule has 1 aliphatic carbocycles. The lowest BCUT2D eigenvalue weighted by Crippen LogP contribution is -2.36. The van der Waals surface area contributed by atoms with Gasteiger partial charge in [-0.3, -0.25) is 4.79 Å². The summed E-state index contributed by atoms with van der Waals surface area (Å²) >= 11 is 0. The SMILES string of the molecule is O=C(CNCCC1CC1)N1CCCC1. The van der Waals surface area contributed by atoms with E-state index in [1.54, 1.807) is 0 Å². The van der Waals surface area contributed by atoms with E-state index in [0.717, 1.165) is 25.6 Å². The fourth-order valence-corrected chi connectivity index (χ4v) is 1.99. The van der Waals surface area contributed by atoms with Crippen molar-refractivity contribution < 1.29 is 4.79 Å². The first kappa shape index (κ1) is 9.97. The van der Waals surface area contributed by atoms with Gasteiger partial charge in [0.1, 0.15) is 0 Å². The smallest absolute Gasteiger partial charge is 0.236 e. The van der Waals surface area contributed by atoms with Crippen LogP contribution in [-0.4, -0.2) is 37.0 Å². The number of hydrogen-bond donors (Lipinski definition) is 1. The first-order valence-corrected chi connectivity index (χ1v) is 5.85. The number of carbonyl (C=O) groups is 1. The van der Waals surface area contributed by atoms with E-state index in [0.29, 0.717) is 12.5 Å². The summed E-state index contributed by atoms with van der Waals surface area (Å²) in [5.74, 6) is 1.25. The highest BCUT2D eigenvalue weighted by atomic mass is 16.2. The van der Waals surface area contributed by atoms with Gasteiger partial charge in [-0.25, -0.2) is 0 Å². The molecule has 2 rings (SSSR count).